The molecule has 11 nitrogen and oxygen atoms in total. The van der Waals surface area contributed by atoms with Crippen molar-refractivity contribution >= 4 is 0 Å². The monoisotopic (exact) mass is 452 g/mol. The summed E-state index contributed by atoms with van der Waals surface area (Å²) in [5, 5.41) is 79.4. The molecule has 0 bridgehead atoms. The van der Waals surface area contributed by atoms with Crippen LogP contribution in [0.5, 0.6) is 28.7 Å². The molecule has 2 heterocycles. The van der Waals surface area contributed by atoms with Gasteiger partial charge in [-0.1, -0.05) is 6.07 Å². The van der Waals surface area contributed by atoms with Gasteiger partial charge in [-0.05, 0) is 17.7 Å². The van der Waals surface area contributed by atoms with E-state index in [1.165, 1.54) is 24.3 Å². The molecular formula is C21H24O11. The number of phenolic OH excluding ortho intramolecular Hbond substituents is 4. The van der Waals surface area contributed by atoms with Crippen LogP contribution in [-0.4, -0.2) is 84.3 Å². The van der Waals surface area contributed by atoms with Gasteiger partial charge in [-0.3, -0.25) is 0 Å². The van der Waals surface area contributed by atoms with E-state index >= 15 is 0 Å². The number of aliphatic hydroxyl groups is 4. The fraction of sp³-hybridized carbons (Fsp3) is 0.429. The largest absolute Gasteiger partial charge is 0.508 e. The predicted molar refractivity (Wildman–Crippen MR) is 105 cm³/mol. The molecule has 7 atom stereocenters. The second-order valence-electron chi connectivity index (χ2n) is 7.80. The number of phenols is 4. The van der Waals surface area contributed by atoms with Crippen molar-refractivity contribution in [2.24, 2.45) is 0 Å². The fourth-order valence-electron chi connectivity index (χ4n) is 3.92. The second-order valence-corrected chi connectivity index (χ2v) is 7.80. The molecule has 4 rings (SSSR count). The zero-order valence-electron chi connectivity index (χ0n) is 16.6. The summed E-state index contributed by atoms with van der Waals surface area (Å²) in [7, 11) is 0. The van der Waals surface area contributed by atoms with E-state index in [9.17, 15) is 40.9 Å². The quantitative estimate of drug-likeness (QED) is 0.276. The Balaban J connectivity index is 1.68. The molecule has 32 heavy (non-hydrogen) atoms. The SMILES string of the molecule is OC[C@H]1O[C@@H](O[C@H]2Cc3c(O)cc(O)cc3O[C@@H]2c2ccc(O)c(O)c2)[C@H](O)[C@@H](O)[C@@H]1O. The van der Waals surface area contributed by atoms with Gasteiger partial charge in [-0.2, -0.15) is 0 Å². The molecule has 0 saturated carbocycles. The number of benzene rings is 2. The minimum absolute atomic E-state index is 0.0166. The van der Waals surface area contributed by atoms with Crippen LogP contribution in [0.15, 0.2) is 30.3 Å². The Morgan fingerprint density at radius 1 is 0.875 bits per heavy atom. The number of aromatic hydroxyl groups is 4. The van der Waals surface area contributed by atoms with Crippen LogP contribution in [-0.2, 0) is 15.9 Å². The molecule has 1 saturated heterocycles. The van der Waals surface area contributed by atoms with Crippen molar-refractivity contribution in [2.75, 3.05) is 6.61 Å². The zero-order chi connectivity index (χ0) is 23.2. The summed E-state index contributed by atoms with van der Waals surface area (Å²) in [6.07, 6.45) is -9.41. The summed E-state index contributed by atoms with van der Waals surface area (Å²) < 4.78 is 17.2. The molecule has 0 radical (unpaired) electrons. The van der Waals surface area contributed by atoms with Crippen LogP contribution in [0.2, 0.25) is 0 Å². The van der Waals surface area contributed by atoms with Crippen molar-refractivity contribution in [3.8, 4) is 28.7 Å². The van der Waals surface area contributed by atoms with Crippen LogP contribution in [0, 0.1) is 0 Å². The van der Waals surface area contributed by atoms with Crippen molar-refractivity contribution < 1.29 is 55.1 Å². The normalized spacial score (nSPS) is 32.2. The average molecular weight is 452 g/mol. The maximum Gasteiger partial charge on any atom is 0.187 e. The van der Waals surface area contributed by atoms with Gasteiger partial charge in [0.15, 0.2) is 23.9 Å². The summed E-state index contributed by atoms with van der Waals surface area (Å²) in [5.74, 6) is -1.10. The number of fused-ring (bicyclic) bond motifs is 1. The van der Waals surface area contributed by atoms with E-state index < -0.39 is 55.3 Å². The first-order valence-corrected chi connectivity index (χ1v) is 9.89. The standard InChI is InChI=1S/C21H24O11/c22-7-16-17(27)18(28)19(29)21(32-16)31-15-6-10-12(25)4-9(23)5-14(10)30-20(15)8-1-2-11(24)13(26)3-8/h1-5,15-29H,6-7H2/t15-,16+,17+,18-,19+,20+,21+/m0/s1. The topological polar surface area (TPSA) is 190 Å². The number of hydrogen-bond donors (Lipinski definition) is 8. The molecule has 174 valence electrons. The summed E-state index contributed by atoms with van der Waals surface area (Å²) in [6, 6.07) is 6.38. The van der Waals surface area contributed by atoms with Crippen molar-refractivity contribution in [3.63, 3.8) is 0 Å². The van der Waals surface area contributed by atoms with Gasteiger partial charge in [0.05, 0.1) is 6.61 Å². The first-order valence-electron chi connectivity index (χ1n) is 9.89. The highest BCUT2D eigenvalue weighted by Gasteiger charge is 2.46. The van der Waals surface area contributed by atoms with Gasteiger partial charge in [0.1, 0.15) is 47.8 Å². The first kappa shape index (κ1) is 22.4. The Labute approximate surface area is 181 Å². The van der Waals surface area contributed by atoms with Crippen LogP contribution in [0.1, 0.15) is 17.2 Å². The number of hydrogen-bond acceptors (Lipinski definition) is 11. The molecule has 0 aliphatic carbocycles. The van der Waals surface area contributed by atoms with E-state index in [1.807, 2.05) is 0 Å². The van der Waals surface area contributed by atoms with Gasteiger partial charge >= 0.3 is 0 Å². The van der Waals surface area contributed by atoms with Crippen molar-refractivity contribution in [1.82, 2.24) is 0 Å². The Morgan fingerprint density at radius 3 is 2.31 bits per heavy atom. The lowest BCUT2D eigenvalue weighted by atomic mass is 9.93. The van der Waals surface area contributed by atoms with Gasteiger partial charge in [0, 0.05) is 24.1 Å². The molecule has 2 aromatic carbocycles. The molecule has 0 unspecified atom stereocenters. The third-order valence-corrected chi connectivity index (χ3v) is 5.65. The minimum Gasteiger partial charge on any atom is -0.508 e. The van der Waals surface area contributed by atoms with Crippen molar-refractivity contribution in [1.29, 1.82) is 0 Å². The molecule has 11 heteroatoms. The van der Waals surface area contributed by atoms with Crippen LogP contribution >= 0.6 is 0 Å². The van der Waals surface area contributed by atoms with Crippen LogP contribution in [0.25, 0.3) is 0 Å². The van der Waals surface area contributed by atoms with Gasteiger partial charge in [-0.25, -0.2) is 0 Å². The molecule has 2 aliphatic rings. The lowest BCUT2D eigenvalue weighted by molar-refractivity contribution is -0.317. The van der Waals surface area contributed by atoms with E-state index in [1.54, 1.807) is 0 Å². The zero-order valence-corrected chi connectivity index (χ0v) is 16.6. The van der Waals surface area contributed by atoms with E-state index in [0.717, 1.165) is 6.07 Å². The lowest BCUT2D eigenvalue weighted by Crippen LogP contribution is -2.60. The van der Waals surface area contributed by atoms with Gasteiger partial charge in [0.2, 0.25) is 0 Å². The number of aliphatic hydroxyl groups excluding tert-OH is 4. The molecule has 0 spiro atoms. The summed E-state index contributed by atoms with van der Waals surface area (Å²) in [6.45, 7) is -0.635. The molecule has 0 aromatic heterocycles. The molecule has 1 fully saturated rings. The summed E-state index contributed by atoms with van der Waals surface area (Å²) in [5.41, 5.74) is 0.667. The Bertz CT molecular complexity index is 978. The predicted octanol–water partition coefficient (Wildman–Crippen LogP) is -0.630. The van der Waals surface area contributed by atoms with Crippen LogP contribution in [0.3, 0.4) is 0 Å². The van der Waals surface area contributed by atoms with E-state index in [2.05, 4.69) is 0 Å². The van der Waals surface area contributed by atoms with Crippen LogP contribution < -0.4 is 4.74 Å². The van der Waals surface area contributed by atoms with Crippen molar-refractivity contribution in [3.05, 3.63) is 41.5 Å². The minimum atomic E-state index is -1.66. The lowest BCUT2D eigenvalue weighted by Gasteiger charge is -2.43. The molecule has 2 aromatic rings. The molecular weight excluding hydrogens is 428 g/mol. The Kier molecular flexibility index (Phi) is 6.03. The first-order chi connectivity index (χ1) is 15.2. The number of ether oxygens (including phenoxy) is 3. The smallest absolute Gasteiger partial charge is 0.187 e. The van der Waals surface area contributed by atoms with E-state index in [-0.39, 0.29) is 29.4 Å². The third-order valence-electron chi connectivity index (χ3n) is 5.65. The van der Waals surface area contributed by atoms with E-state index in [0.29, 0.717) is 11.1 Å². The maximum atomic E-state index is 10.3. The van der Waals surface area contributed by atoms with Crippen LogP contribution in [0.4, 0.5) is 0 Å². The van der Waals surface area contributed by atoms with Gasteiger partial charge in [0.25, 0.3) is 0 Å². The summed E-state index contributed by atoms with van der Waals surface area (Å²) >= 11 is 0. The molecule has 2 aliphatic heterocycles. The van der Waals surface area contributed by atoms with Gasteiger partial charge < -0.3 is 55.1 Å². The summed E-state index contributed by atoms with van der Waals surface area (Å²) in [4.78, 5) is 0. The number of rotatable bonds is 4. The molecule has 8 N–H and O–H groups in total. The second kappa shape index (κ2) is 8.62. The maximum absolute atomic E-state index is 10.3. The fourth-order valence-corrected chi connectivity index (χ4v) is 3.92. The van der Waals surface area contributed by atoms with Gasteiger partial charge in [-0.15, -0.1) is 0 Å². The van der Waals surface area contributed by atoms with Crippen molar-refractivity contribution in [2.45, 2.75) is 49.3 Å². The Hall–Kier alpha value is -2.80. The Morgan fingerprint density at radius 2 is 1.62 bits per heavy atom. The van der Waals surface area contributed by atoms with E-state index in [4.69, 9.17) is 14.2 Å². The third kappa shape index (κ3) is 4.01. The highest BCUT2D eigenvalue weighted by molar-refractivity contribution is 5.52. The highest BCUT2D eigenvalue weighted by atomic mass is 16.7. The molecule has 0 amide bonds. The average Bonchev–Trinajstić information content (AvgIpc) is 2.76. The highest BCUT2D eigenvalue weighted by Crippen LogP contribution is 2.44.